The lowest BCUT2D eigenvalue weighted by Crippen LogP contribution is -2.30. The minimum absolute atomic E-state index is 0.0835. The van der Waals surface area contributed by atoms with Gasteiger partial charge in [-0.1, -0.05) is 30.3 Å². The Morgan fingerprint density at radius 2 is 1.65 bits per heavy atom. The van der Waals surface area contributed by atoms with Gasteiger partial charge in [0.1, 0.15) is 11.4 Å². The predicted octanol–water partition coefficient (Wildman–Crippen LogP) is 5.99. The zero-order valence-corrected chi connectivity index (χ0v) is 23.8. The van der Waals surface area contributed by atoms with Crippen molar-refractivity contribution in [3.63, 3.8) is 0 Å². The van der Waals surface area contributed by atoms with Crippen molar-refractivity contribution in [1.82, 2.24) is 10.3 Å². The number of nitrogens with one attached hydrogen (secondary N) is 3. The number of anilines is 2. The van der Waals surface area contributed by atoms with Crippen molar-refractivity contribution in [2.45, 2.75) is 24.0 Å². The molecule has 8 nitrogen and oxygen atoms in total. The van der Waals surface area contributed by atoms with Crippen LogP contribution in [-0.4, -0.2) is 35.1 Å². The third-order valence-electron chi connectivity index (χ3n) is 5.60. The Hall–Kier alpha value is -4.41. The SMILES string of the molecule is COc1ccc(/C=C(\NC(=O)c2ccccc2)C(=O)Nc2ccc(SC(C)C(=O)Nc3nc(C)cs3)cc2)cc1. The molecule has 3 N–H and O–H groups in total. The zero-order chi connectivity index (χ0) is 28.5. The number of rotatable bonds is 10. The van der Waals surface area contributed by atoms with Crippen molar-refractivity contribution in [2.24, 2.45) is 0 Å². The molecule has 0 radical (unpaired) electrons. The van der Waals surface area contributed by atoms with Crippen LogP contribution in [0.2, 0.25) is 0 Å². The monoisotopic (exact) mass is 572 g/mol. The number of aromatic nitrogens is 1. The third kappa shape index (κ3) is 8.05. The molecule has 0 aliphatic rings. The summed E-state index contributed by atoms with van der Waals surface area (Å²) in [6.45, 7) is 3.70. The van der Waals surface area contributed by atoms with Gasteiger partial charge in [-0.15, -0.1) is 23.1 Å². The molecule has 204 valence electrons. The molecule has 0 aliphatic heterocycles. The second-order valence-electron chi connectivity index (χ2n) is 8.67. The number of ether oxygens (including phenoxy) is 1. The summed E-state index contributed by atoms with van der Waals surface area (Å²) < 4.78 is 5.20. The molecule has 0 fully saturated rings. The van der Waals surface area contributed by atoms with Gasteiger partial charge >= 0.3 is 0 Å². The molecule has 3 amide bonds. The molecular weight excluding hydrogens is 544 g/mol. The number of aryl methyl sites for hydroxylation is 1. The van der Waals surface area contributed by atoms with E-state index in [2.05, 4.69) is 20.9 Å². The van der Waals surface area contributed by atoms with Gasteiger partial charge in [0.25, 0.3) is 11.8 Å². The highest BCUT2D eigenvalue weighted by atomic mass is 32.2. The Morgan fingerprint density at radius 1 is 0.950 bits per heavy atom. The Kier molecular flexibility index (Phi) is 9.71. The fourth-order valence-corrected chi connectivity index (χ4v) is 5.06. The highest BCUT2D eigenvalue weighted by Crippen LogP contribution is 2.26. The summed E-state index contributed by atoms with van der Waals surface area (Å²) >= 11 is 2.78. The highest BCUT2D eigenvalue weighted by molar-refractivity contribution is 8.00. The van der Waals surface area contributed by atoms with Gasteiger partial charge in [0.15, 0.2) is 5.13 Å². The summed E-state index contributed by atoms with van der Waals surface area (Å²) in [5.41, 5.74) is 2.63. The lowest BCUT2D eigenvalue weighted by Gasteiger charge is -2.13. The summed E-state index contributed by atoms with van der Waals surface area (Å²) in [6, 6.07) is 23.0. The number of amides is 3. The van der Waals surface area contributed by atoms with Gasteiger partial charge in [-0.25, -0.2) is 4.98 Å². The van der Waals surface area contributed by atoms with Crippen LogP contribution in [0.3, 0.4) is 0 Å². The number of hydrogen-bond donors (Lipinski definition) is 3. The van der Waals surface area contributed by atoms with Crippen molar-refractivity contribution >= 4 is 57.7 Å². The fourth-order valence-electron chi connectivity index (χ4n) is 3.50. The summed E-state index contributed by atoms with van der Waals surface area (Å²) in [5, 5.41) is 10.5. The average molecular weight is 573 g/mol. The van der Waals surface area contributed by atoms with E-state index in [0.717, 1.165) is 10.6 Å². The van der Waals surface area contributed by atoms with Crippen molar-refractivity contribution in [3.05, 3.63) is 107 Å². The fraction of sp³-hybridized carbons (Fsp3) is 0.133. The first-order chi connectivity index (χ1) is 19.3. The number of thiazole rings is 1. The van der Waals surface area contributed by atoms with Gasteiger partial charge in [-0.3, -0.25) is 14.4 Å². The maximum Gasteiger partial charge on any atom is 0.272 e. The maximum atomic E-state index is 13.3. The summed E-state index contributed by atoms with van der Waals surface area (Å²) in [7, 11) is 1.58. The minimum atomic E-state index is -0.480. The minimum Gasteiger partial charge on any atom is -0.497 e. The summed E-state index contributed by atoms with van der Waals surface area (Å²) in [6.07, 6.45) is 1.60. The van der Waals surface area contributed by atoms with Crippen LogP contribution in [0.4, 0.5) is 10.8 Å². The number of methoxy groups -OCH3 is 1. The molecule has 0 spiro atoms. The first-order valence-electron chi connectivity index (χ1n) is 12.3. The van der Waals surface area contributed by atoms with Crippen LogP contribution < -0.4 is 20.7 Å². The predicted molar refractivity (Wildman–Crippen MR) is 161 cm³/mol. The van der Waals surface area contributed by atoms with Crippen molar-refractivity contribution in [3.8, 4) is 5.75 Å². The quantitative estimate of drug-likeness (QED) is 0.159. The van der Waals surface area contributed by atoms with Crippen molar-refractivity contribution < 1.29 is 19.1 Å². The maximum absolute atomic E-state index is 13.3. The molecule has 1 aromatic heterocycles. The van der Waals surface area contributed by atoms with Gasteiger partial charge in [0.05, 0.1) is 18.1 Å². The van der Waals surface area contributed by atoms with E-state index in [-0.39, 0.29) is 16.9 Å². The van der Waals surface area contributed by atoms with E-state index in [9.17, 15) is 14.4 Å². The van der Waals surface area contributed by atoms with E-state index in [1.807, 2.05) is 37.4 Å². The van der Waals surface area contributed by atoms with Crippen LogP contribution >= 0.6 is 23.1 Å². The normalized spacial score (nSPS) is 11.8. The van der Waals surface area contributed by atoms with Gasteiger partial charge in [-0.05, 0) is 74.0 Å². The first kappa shape index (κ1) is 28.6. The molecule has 0 aliphatic carbocycles. The first-order valence-corrected chi connectivity index (χ1v) is 14.1. The van der Waals surface area contributed by atoms with Gasteiger partial charge in [0, 0.05) is 21.5 Å². The molecule has 0 saturated carbocycles. The lowest BCUT2D eigenvalue weighted by atomic mass is 10.1. The van der Waals surface area contributed by atoms with Gasteiger partial charge in [-0.2, -0.15) is 0 Å². The van der Waals surface area contributed by atoms with Crippen LogP contribution in [0.15, 0.2) is 94.8 Å². The Morgan fingerprint density at radius 3 is 2.27 bits per heavy atom. The number of carbonyl (C=O) groups is 3. The van der Waals surface area contributed by atoms with E-state index in [1.54, 1.807) is 73.8 Å². The lowest BCUT2D eigenvalue weighted by molar-refractivity contribution is -0.115. The molecule has 4 rings (SSSR count). The Bertz CT molecular complexity index is 1500. The second kappa shape index (κ2) is 13.6. The number of hydrogen-bond acceptors (Lipinski definition) is 7. The molecule has 1 heterocycles. The van der Waals surface area contributed by atoms with E-state index in [4.69, 9.17) is 4.74 Å². The van der Waals surface area contributed by atoms with Crippen LogP contribution in [-0.2, 0) is 9.59 Å². The zero-order valence-electron chi connectivity index (χ0n) is 22.1. The van der Waals surface area contributed by atoms with Crippen LogP contribution in [0.5, 0.6) is 5.75 Å². The highest BCUT2D eigenvalue weighted by Gasteiger charge is 2.17. The van der Waals surface area contributed by atoms with Crippen LogP contribution in [0.1, 0.15) is 28.5 Å². The smallest absolute Gasteiger partial charge is 0.272 e. The third-order valence-corrected chi connectivity index (χ3v) is 7.59. The topological polar surface area (TPSA) is 109 Å². The molecule has 10 heteroatoms. The molecule has 0 bridgehead atoms. The van der Waals surface area contributed by atoms with Crippen molar-refractivity contribution in [2.75, 3.05) is 17.7 Å². The molecule has 4 aromatic rings. The van der Waals surface area contributed by atoms with Gasteiger partial charge < -0.3 is 20.7 Å². The average Bonchev–Trinajstić information content (AvgIpc) is 3.38. The van der Waals surface area contributed by atoms with Crippen molar-refractivity contribution in [1.29, 1.82) is 0 Å². The van der Waals surface area contributed by atoms with E-state index in [0.29, 0.717) is 27.7 Å². The van der Waals surface area contributed by atoms with E-state index >= 15 is 0 Å². The molecular formula is C30H28N4O4S2. The van der Waals surface area contributed by atoms with Crippen LogP contribution in [0.25, 0.3) is 6.08 Å². The number of carbonyl (C=O) groups excluding carboxylic acids is 3. The largest absolute Gasteiger partial charge is 0.497 e. The number of nitrogens with zero attached hydrogens (tertiary/aromatic N) is 1. The van der Waals surface area contributed by atoms with E-state index in [1.165, 1.54) is 23.1 Å². The molecule has 0 saturated heterocycles. The second-order valence-corrected chi connectivity index (χ2v) is 10.9. The summed E-state index contributed by atoms with van der Waals surface area (Å²) in [4.78, 5) is 43.7. The summed E-state index contributed by atoms with van der Waals surface area (Å²) in [5.74, 6) is -0.340. The molecule has 3 aromatic carbocycles. The van der Waals surface area contributed by atoms with E-state index < -0.39 is 11.8 Å². The van der Waals surface area contributed by atoms with Gasteiger partial charge in [0.2, 0.25) is 5.91 Å². The molecule has 1 unspecified atom stereocenters. The molecule has 1 atom stereocenters. The Labute approximate surface area is 240 Å². The molecule has 40 heavy (non-hydrogen) atoms. The number of thioether (sulfide) groups is 1. The van der Waals surface area contributed by atoms with Crippen LogP contribution in [0, 0.1) is 6.92 Å². The standard InChI is InChI=1S/C30H28N4O4S2/c1-19-18-39-30(31-19)34-27(35)20(2)40-25-15-11-23(12-16-25)32-29(37)26(17-21-9-13-24(38-3)14-10-21)33-28(36)22-7-5-4-6-8-22/h4-18,20H,1-3H3,(H,32,37)(H,33,36)(H,31,34,35)/b26-17-. The Balaban J connectivity index is 1.44. The number of benzene rings is 3.